The first-order valence-corrected chi connectivity index (χ1v) is 14.5. The van der Waals surface area contributed by atoms with E-state index in [1.807, 2.05) is 49.5 Å². The van der Waals surface area contributed by atoms with Crippen molar-refractivity contribution in [2.45, 2.75) is 58.3 Å². The summed E-state index contributed by atoms with van der Waals surface area (Å²) in [5.41, 5.74) is 6.20. The van der Waals surface area contributed by atoms with E-state index in [0.29, 0.717) is 13.1 Å². The van der Waals surface area contributed by atoms with Crippen molar-refractivity contribution in [3.8, 4) is 0 Å². The molecule has 1 unspecified atom stereocenters. The molecule has 5 rings (SSSR count). The van der Waals surface area contributed by atoms with Crippen LogP contribution in [0, 0.1) is 13.8 Å². The topological polar surface area (TPSA) is 104 Å². The van der Waals surface area contributed by atoms with Gasteiger partial charge in [-0.15, -0.1) is 11.3 Å². The second kappa shape index (κ2) is 11.8. The molecule has 0 spiro atoms. The number of thiazole rings is 1. The number of aliphatic hydroxyl groups is 1. The number of aryl methyl sites for hydroxylation is 2. The number of likely N-dealkylation sites (tertiary alicyclic amines) is 1. The molecule has 2 atom stereocenters. The van der Waals surface area contributed by atoms with Crippen molar-refractivity contribution in [1.29, 1.82) is 0 Å². The number of carbonyl (C=O) groups is 2. The summed E-state index contributed by atoms with van der Waals surface area (Å²) < 4.78 is 2.14. The van der Waals surface area contributed by atoms with Crippen LogP contribution >= 0.6 is 11.3 Å². The molecule has 4 aromatic rings. The number of fused-ring (bicyclic) bond motifs is 1. The molecule has 210 valence electrons. The van der Waals surface area contributed by atoms with Crippen molar-refractivity contribution in [3.05, 3.63) is 75.5 Å². The first kappa shape index (κ1) is 27.8. The predicted octanol–water partition coefficient (Wildman–Crippen LogP) is 3.95. The van der Waals surface area contributed by atoms with Crippen molar-refractivity contribution in [1.82, 2.24) is 24.8 Å². The summed E-state index contributed by atoms with van der Waals surface area (Å²) in [5.74, 6) is 0.144. The van der Waals surface area contributed by atoms with Crippen LogP contribution < -0.4 is 10.2 Å². The Morgan fingerprint density at radius 2 is 2.00 bits per heavy atom. The first-order chi connectivity index (χ1) is 19.2. The van der Waals surface area contributed by atoms with Crippen LogP contribution in [0.4, 0.5) is 5.69 Å². The van der Waals surface area contributed by atoms with E-state index in [2.05, 4.69) is 51.0 Å². The van der Waals surface area contributed by atoms with E-state index in [-0.39, 0.29) is 24.9 Å². The third-order valence-electron chi connectivity index (χ3n) is 7.42. The number of benzene rings is 2. The van der Waals surface area contributed by atoms with Crippen molar-refractivity contribution in [2.75, 3.05) is 25.5 Å². The minimum absolute atomic E-state index is 0.0980. The van der Waals surface area contributed by atoms with Crippen LogP contribution in [0.2, 0.25) is 0 Å². The van der Waals surface area contributed by atoms with Crippen LogP contribution in [0.5, 0.6) is 0 Å². The Morgan fingerprint density at radius 3 is 2.80 bits per heavy atom. The number of imidazole rings is 1. The van der Waals surface area contributed by atoms with E-state index in [9.17, 15) is 14.7 Å². The Labute approximate surface area is 238 Å². The zero-order valence-electron chi connectivity index (χ0n) is 23.4. The van der Waals surface area contributed by atoms with Crippen LogP contribution in [0.3, 0.4) is 0 Å². The Kier molecular flexibility index (Phi) is 8.18. The highest BCUT2D eigenvalue weighted by Crippen LogP contribution is 2.34. The number of hydrogen-bond donors (Lipinski definition) is 2. The molecule has 0 saturated carbocycles. The molecule has 40 heavy (non-hydrogen) atoms. The van der Waals surface area contributed by atoms with Crippen molar-refractivity contribution in [2.24, 2.45) is 0 Å². The molecule has 10 heteroatoms. The number of rotatable bonds is 9. The quantitative estimate of drug-likeness (QED) is 0.321. The highest BCUT2D eigenvalue weighted by molar-refractivity contribution is 7.09. The summed E-state index contributed by atoms with van der Waals surface area (Å²) in [6, 6.07) is 14.2. The molecular weight excluding hydrogens is 524 g/mol. The summed E-state index contributed by atoms with van der Waals surface area (Å²) in [6.07, 6.45) is 0.0345. The zero-order chi connectivity index (χ0) is 28.4. The smallest absolute Gasteiger partial charge is 0.252 e. The van der Waals surface area contributed by atoms with E-state index >= 15 is 0 Å². The van der Waals surface area contributed by atoms with Crippen molar-refractivity contribution < 1.29 is 14.7 Å². The lowest BCUT2D eigenvalue weighted by atomic mass is 10.0. The Morgan fingerprint density at radius 1 is 1.18 bits per heavy atom. The average Bonchev–Trinajstić information content (AvgIpc) is 3.66. The third-order valence-corrected chi connectivity index (χ3v) is 8.32. The lowest BCUT2D eigenvalue weighted by molar-refractivity contribution is -0.144. The zero-order valence-corrected chi connectivity index (χ0v) is 24.2. The van der Waals surface area contributed by atoms with Gasteiger partial charge < -0.3 is 24.8 Å². The van der Waals surface area contributed by atoms with E-state index in [1.165, 1.54) is 16.9 Å². The van der Waals surface area contributed by atoms with Gasteiger partial charge in [0.05, 0.1) is 42.3 Å². The van der Waals surface area contributed by atoms with Gasteiger partial charge in [0.2, 0.25) is 5.91 Å². The van der Waals surface area contributed by atoms with Crippen LogP contribution in [0.1, 0.15) is 53.0 Å². The third kappa shape index (κ3) is 6.03. The highest BCUT2D eigenvalue weighted by atomic mass is 32.1. The molecule has 1 fully saturated rings. The molecule has 1 aliphatic rings. The van der Waals surface area contributed by atoms with E-state index in [1.54, 1.807) is 4.90 Å². The van der Waals surface area contributed by atoms with Gasteiger partial charge in [-0.2, -0.15) is 0 Å². The molecule has 2 amide bonds. The summed E-state index contributed by atoms with van der Waals surface area (Å²) in [4.78, 5) is 38.8. The van der Waals surface area contributed by atoms with Gasteiger partial charge in [0, 0.05) is 31.7 Å². The first-order valence-electron chi connectivity index (χ1n) is 13.6. The number of nitrogens with one attached hydrogen (secondary N) is 1. The van der Waals surface area contributed by atoms with E-state index in [4.69, 9.17) is 0 Å². The van der Waals surface area contributed by atoms with E-state index in [0.717, 1.165) is 51.7 Å². The minimum Gasteiger partial charge on any atom is -0.383 e. The number of aliphatic hydroxyl groups excluding tert-OH is 1. The second-order valence-electron chi connectivity index (χ2n) is 10.6. The lowest BCUT2D eigenvalue weighted by Gasteiger charge is -2.28. The maximum atomic E-state index is 13.1. The van der Waals surface area contributed by atoms with Gasteiger partial charge >= 0.3 is 0 Å². The minimum atomic E-state index is -1.38. The van der Waals surface area contributed by atoms with E-state index < -0.39 is 12.0 Å². The van der Waals surface area contributed by atoms with Gasteiger partial charge in [0.15, 0.2) is 0 Å². The fraction of sp³-hybridized carbons (Fsp3) is 0.400. The monoisotopic (exact) mass is 560 g/mol. The maximum Gasteiger partial charge on any atom is 0.252 e. The van der Waals surface area contributed by atoms with Crippen LogP contribution in [-0.2, 0) is 22.7 Å². The molecule has 3 heterocycles. The molecule has 2 aromatic heterocycles. The van der Waals surface area contributed by atoms with Gasteiger partial charge in [-0.1, -0.05) is 18.2 Å². The van der Waals surface area contributed by atoms with Crippen molar-refractivity contribution >= 4 is 39.9 Å². The normalized spacial score (nSPS) is 15.9. The summed E-state index contributed by atoms with van der Waals surface area (Å²) in [6.45, 7) is 5.45. The van der Waals surface area contributed by atoms with Gasteiger partial charge in [-0.05, 0) is 62.1 Å². The SMILES string of the molecule is Cc1ccc2c(c1)nc(C)n2Cc1csc(CNC(=O)C[C@@H](O)C(=O)N2CCCC2c2cccc(N(C)C)c2)n1. The molecule has 2 aromatic carbocycles. The standard InChI is InChI=1S/C30H36N6O3S/c1-19-10-11-26-24(13-19)32-20(2)36(26)17-22-18-40-29(33-22)16-31-28(38)15-27(37)30(39)35-12-6-9-25(35)21-7-5-8-23(14-21)34(3)4/h5,7-8,10-11,13-14,18,25,27,37H,6,9,12,15-17H2,1-4H3,(H,31,38)/t25?,27-/m1/s1. The van der Waals surface area contributed by atoms with Gasteiger partial charge in [0.1, 0.15) is 16.9 Å². The van der Waals surface area contributed by atoms with Crippen molar-refractivity contribution in [3.63, 3.8) is 0 Å². The molecule has 0 radical (unpaired) electrons. The lowest BCUT2D eigenvalue weighted by Crippen LogP contribution is -2.41. The summed E-state index contributed by atoms with van der Waals surface area (Å²) in [5, 5.41) is 16.2. The van der Waals surface area contributed by atoms with Gasteiger partial charge in [0.25, 0.3) is 5.91 Å². The average molecular weight is 561 g/mol. The number of amides is 2. The van der Waals surface area contributed by atoms with Crippen LogP contribution in [-0.4, -0.2) is 63.1 Å². The number of hydrogen-bond acceptors (Lipinski definition) is 7. The largest absolute Gasteiger partial charge is 0.383 e. The fourth-order valence-corrected chi connectivity index (χ4v) is 6.04. The Hall–Kier alpha value is -3.76. The number of aromatic nitrogens is 3. The maximum absolute atomic E-state index is 13.1. The molecule has 0 bridgehead atoms. The molecule has 2 N–H and O–H groups in total. The molecule has 9 nitrogen and oxygen atoms in total. The Balaban J connectivity index is 1.15. The molecular formula is C30H36N6O3S. The Bertz CT molecular complexity index is 1530. The highest BCUT2D eigenvalue weighted by Gasteiger charge is 2.34. The van der Waals surface area contributed by atoms with Crippen LogP contribution in [0.25, 0.3) is 11.0 Å². The fourth-order valence-electron chi connectivity index (χ4n) is 5.31. The van der Waals surface area contributed by atoms with Crippen LogP contribution in [0.15, 0.2) is 47.8 Å². The summed E-state index contributed by atoms with van der Waals surface area (Å²) in [7, 11) is 3.96. The number of nitrogens with zero attached hydrogens (tertiary/aromatic N) is 5. The summed E-state index contributed by atoms with van der Waals surface area (Å²) >= 11 is 1.47. The van der Waals surface area contributed by atoms with Gasteiger partial charge in [-0.3, -0.25) is 9.59 Å². The second-order valence-corrected chi connectivity index (χ2v) is 11.6. The number of anilines is 1. The van der Waals surface area contributed by atoms with Gasteiger partial charge in [-0.25, -0.2) is 9.97 Å². The predicted molar refractivity (Wildman–Crippen MR) is 157 cm³/mol. The molecule has 1 saturated heterocycles. The molecule has 0 aliphatic carbocycles. The number of carbonyl (C=O) groups excluding carboxylic acids is 2. The molecule has 1 aliphatic heterocycles.